The van der Waals surface area contributed by atoms with Gasteiger partial charge in [-0.3, -0.25) is 9.88 Å². The molecule has 1 aliphatic rings. The zero-order valence-electron chi connectivity index (χ0n) is 11.7. The van der Waals surface area contributed by atoms with Crippen LogP contribution in [0.15, 0.2) is 42.7 Å². The van der Waals surface area contributed by atoms with Crippen molar-refractivity contribution in [1.82, 2.24) is 9.88 Å². The van der Waals surface area contributed by atoms with Gasteiger partial charge in [-0.05, 0) is 30.8 Å². The molecule has 0 amide bonds. The van der Waals surface area contributed by atoms with E-state index in [2.05, 4.69) is 52.6 Å². The Balaban J connectivity index is 1.71. The summed E-state index contributed by atoms with van der Waals surface area (Å²) in [5, 5.41) is 3.37. The first-order chi connectivity index (χ1) is 9.83. The van der Waals surface area contributed by atoms with E-state index in [-0.39, 0.29) is 0 Å². The van der Waals surface area contributed by atoms with Crippen molar-refractivity contribution in [3.05, 3.63) is 53.9 Å². The van der Waals surface area contributed by atoms with Crippen LogP contribution in [0.25, 0.3) is 0 Å². The van der Waals surface area contributed by atoms with Gasteiger partial charge in [0.25, 0.3) is 0 Å². The second-order valence-corrected chi connectivity index (χ2v) is 5.10. The maximum absolute atomic E-state index is 5.81. The summed E-state index contributed by atoms with van der Waals surface area (Å²) in [6.45, 7) is 3.38. The maximum Gasteiger partial charge on any atom is 0.146 e. The number of nitrogens with zero attached hydrogens (tertiary/aromatic N) is 2. The standard InChI is InChI=1S/C16H19N3O/c1-19(11-13-5-7-17-8-6-13)12-14-3-2-4-15-16(14)20-10-9-18-15/h2-8,18H,9-12H2,1H3. The maximum atomic E-state index is 5.81. The van der Waals surface area contributed by atoms with Gasteiger partial charge in [-0.15, -0.1) is 0 Å². The van der Waals surface area contributed by atoms with Gasteiger partial charge in [0.15, 0.2) is 0 Å². The summed E-state index contributed by atoms with van der Waals surface area (Å²) < 4.78 is 5.81. The van der Waals surface area contributed by atoms with Crippen molar-refractivity contribution in [3.8, 4) is 5.75 Å². The van der Waals surface area contributed by atoms with E-state index in [1.54, 1.807) is 0 Å². The summed E-state index contributed by atoms with van der Waals surface area (Å²) >= 11 is 0. The first-order valence-corrected chi connectivity index (χ1v) is 6.89. The zero-order valence-corrected chi connectivity index (χ0v) is 11.7. The van der Waals surface area contributed by atoms with Gasteiger partial charge < -0.3 is 10.1 Å². The minimum Gasteiger partial charge on any atom is -0.489 e. The number of para-hydroxylation sites is 1. The summed E-state index contributed by atoms with van der Waals surface area (Å²) in [7, 11) is 2.12. The average Bonchev–Trinajstić information content (AvgIpc) is 2.48. The van der Waals surface area contributed by atoms with Gasteiger partial charge in [-0.25, -0.2) is 0 Å². The van der Waals surface area contributed by atoms with E-state index in [0.29, 0.717) is 0 Å². The molecule has 2 heterocycles. The molecule has 0 spiro atoms. The van der Waals surface area contributed by atoms with Crippen molar-refractivity contribution in [2.45, 2.75) is 13.1 Å². The minimum absolute atomic E-state index is 0.734. The van der Waals surface area contributed by atoms with Crippen LogP contribution < -0.4 is 10.1 Å². The minimum atomic E-state index is 0.734. The SMILES string of the molecule is CN(Cc1ccncc1)Cc1cccc2c1OCCN2. The Morgan fingerprint density at radius 3 is 2.90 bits per heavy atom. The number of nitrogens with one attached hydrogen (secondary N) is 1. The molecule has 104 valence electrons. The Morgan fingerprint density at radius 1 is 1.20 bits per heavy atom. The molecule has 0 aliphatic carbocycles. The number of anilines is 1. The number of aromatic nitrogens is 1. The van der Waals surface area contributed by atoms with Gasteiger partial charge in [0.05, 0.1) is 5.69 Å². The van der Waals surface area contributed by atoms with Crippen LogP contribution in [0.5, 0.6) is 5.75 Å². The van der Waals surface area contributed by atoms with E-state index in [1.165, 1.54) is 11.1 Å². The van der Waals surface area contributed by atoms with Crippen molar-refractivity contribution in [2.75, 3.05) is 25.5 Å². The van der Waals surface area contributed by atoms with E-state index in [9.17, 15) is 0 Å². The summed E-state index contributed by atoms with van der Waals surface area (Å²) in [5.74, 6) is 1.00. The molecule has 0 unspecified atom stereocenters. The van der Waals surface area contributed by atoms with Gasteiger partial charge in [-0.1, -0.05) is 12.1 Å². The number of ether oxygens (including phenoxy) is 1. The fourth-order valence-electron chi connectivity index (χ4n) is 2.50. The summed E-state index contributed by atoms with van der Waals surface area (Å²) in [6, 6.07) is 10.4. The highest BCUT2D eigenvalue weighted by Gasteiger charge is 2.14. The largest absolute Gasteiger partial charge is 0.489 e. The molecule has 1 aliphatic heterocycles. The molecule has 0 atom stereocenters. The van der Waals surface area contributed by atoms with Crippen LogP contribution in [0.2, 0.25) is 0 Å². The Bertz CT molecular complexity index is 571. The highest BCUT2D eigenvalue weighted by molar-refractivity contribution is 5.61. The van der Waals surface area contributed by atoms with Crippen molar-refractivity contribution in [2.24, 2.45) is 0 Å². The number of hydrogen-bond donors (Lipinski definition) is 1. The van der Waals surface area contributed by atoms with Crippen LogP contribution in [0, 0.1) is 0 Å². The first-order valence-electron chi connectivity index (χ1n) is 6.89. The highest BCUT2D eigenvalue weighted by atomic mass is 16.5. The Hall–Kier alpha value is -2.07. The number of pyridine rings is 1. The normalized spacial score (nSPS) is 13.5. The smallest absolute Gasteiger partial charge is 0.146 e. The topological polar surface area (TPSA) is 37.4 Å². The van der Waals surface area contributed by atoms with Crippen LogP contribution in [-0.4, -0.2) is 30.1 Å². The van der Waals surface area contributed by atoms with E-state index < -0.39 is 0 Å². The van der Waals surface area contributed by atoms with Crippen molar-refractivity contribution in [3.63, 3.8) is 0 Å². The van der Waals surface area contributed by atoms with Gasteiger partial charge in [0.2, 0.25) is 0 Å². The molecule has 0 saturated carbocycles. The third kappa shape index (κ3) is 2.91. The molecule has 1 aromatic carbocycles. The van der Waals surface area contributed by atoms with Crippen molar-refractivity contribution < 1.29 is 4.74 Å². The van der Waals surface area contributed by atoms with Crippen LogP contribution in [0.4, 0.5) is 5.69 Å². The summed E-state index contributed by atoms with van der Waals surface area (Å²) in [5.41, 5.74) is 3.60. The number of benzene rings is 1. The fourth-order valence-corrected chi connectivity index (χ4v) is 2.50. The van der Waals surface area contributed by atoms with Gasteiger partial charge >= 0.3 is 0 Å². The summed E-state index contributed by atoms with van der Waals surface area (Å²) in [6.07, 6.45) is 3.67. The van der Waals surface area contributed by atoms with Crippen LogP contribution in [-0.2, 0) is 13.1 Å². The molecule has 0 radical (unpaired) electrons. The molecule has 4 heteroatoms. The predicted octanol–water partition coefficient (Wildman–Crippen LogP) is 2.52. The summed E-state index contributed by atoms with van der Waals surface area (Å²) in [4.78, 5) is 6.33. The molecule has 3 rings (SSSR count). The van der Waals surface area contributed by atoms with Crippen molar-refractivity contribution >= 4 is 5.69 Å². The molecule has 0 saturated heterocycles. The molecule has 4 nitrogen and oxygen atoms in total. The second kappa shape index (κ2) is 5.92. The van der Waals surface area contributed by atoms with E-state index in [0.717, 1.165) is 37.7 Å². The molecule has 20 heavy (non-hydrogen) atoms. The fraction of sp³-hybridized carbons (Fsp3) is 0.312. The first kappa shape index (κ1) is 12.9. The lowest BCUT2D eigenvalue weighted by atomic mass is 10.1. The van der Waals surface area contributed by atoms with Gasteiger partial charge in [0, 0.05) is 37.6 Å². The predicted molar refractivity (Wildman–Crippen MR) is 79.8 cm³/mol. The van der Waals surface area contributed by atoms with Gasteiger partial charge in [-0.2, -0.15) is 0 Å². The molecule has 0 fully saturated rings. The Labute approximate surface area is 119 Å². The quantitative estimate of drug-likeness (QED) is 0.925. The second-order valence-electron chi connectivity index (χ2n) is 5.10. The lowest BCUT2D eigenvalue weighted by molar-refractivity contribution is 0.291. The molecular weight excluding hydrogens is 250 g/mol. The molecule has 1 aromatic heterocycles. The van der Waals surface area contributed by atoms with Crippen LogP contribution in [0.1, 0.15) is 11.1 Å². The monoisotopic (exact) mass is 269 g/mol. The van der Waals surface area contributed by atoms with Crippen LogP contribution >= 0.6 is 0 Å². The lowest BCUT2D eigenvalue weighted by Gasteiger charge is -2.24. The van der Waals surface area contributed by atoms with Gasteiger partial charge in [0.1, 0.15) is 12.4 Å². The number of hydrogen-bond acceptors (Lipinski definition) is 4. The van der Waals surface area contributed by atoms with Crippen LogP contribution in [0.3, 0.4) is 0 Å². The highest BCUT2D eigenvalue weighted by Crippen LogP contribution is 2.31. The zero-order chi connectivity index (χ0) is 13.8. The average molecular weight is 269 g/mol. The number of rotatable bonds is 4. The third-order valence-corrected chi connectivity index (χ3v) is 3.40. The Morgan fingerprint density at radius 2 is 2.05 bits per heavy atom. The molecule has 2 aromatic rings. The lowest BCUT2D eigenvalue weighted by Crippen LogP contribution is -2.22. The van der Waals surface area contributed by atoms with Crippen molar-refractivity contribution in [1.29, 1.82) is 0 Å². The van der Waals surface area contributed by atoms with E-state index in [4.69, 9.17) is 4.74 Å². The van der Waals surface area contributed by atoms with E-state index in [1.807, 2.05) is 12.4 Å². The Kier molecular flexibility index (Phi) is 3.83. The third-order valence-electron chi connectivity index (χ3n) is 3.40. The molecular formula is C16H19N3O. The molecule has 0 bridgehead atoms. The van der Waals surface area contributed by atoms with E-state index >= 15 is 0 Å². The molecule has 1 N–H and O–H groups in total. The number of fused-ring (bicyclic) bond motifs is 1.